The van der Waals surface area contributed by atoms with Gasteiger partial charge in [-0.3, -0.25) is 10.1 Å². The fourth-order valence-corrected chi connectivity index (χ4v) is 3.86. The Morgan fingerprint density at radius 2 is 2.00 bits per heavy atom. The Morgan fingerprint density at radius 3 is 2.65 bits per heavy atom. The van der Waals surface area contributed by atoms with Crippen molar-refractivity contribution in [2.75, 3.05) is 33.3 Å². The molecule has 0 N–H and O–H groups in total. The van der Waals surface area contributed by atoms with E-state index in [1.807, 2.05) is 0 Å². The van der Waals surface area contributed by atoms with Crippen LogP contribution in [0.15, 0.2) is 29.2 Å². The van der Waals surface area contributed by atoms with E-state index in [1.165, 1.54) is 34.5 Å². The van der Waals surface area contributed by atoms with Crippen LogP contribution in [0.1, 0.15) is 6.42 Å². The van der Waals surface area contributed by atoms with Crippen molar-refractivity contribution in [1.82, 2.24) is 9.21 Å². The van der Waals surface area contributed by atoms with Crippen LogP contribution in [0.4, 0.5) is 10.5 Å². The van der Waals surface area contributed by atoms with Crippen LogP contribution in [-0.4, -0.2) is 61.9 Å². The van der Waals surface area contributed by atoms with E-state index in [-0.39, 0.29) is 30.2 Å². The van der Waals surface area contributed by atoms with Crippen molar-refractivity contribution in [3.8, 4) is 0 Å². The summed E-state index contributed by atoms with van der Waals surface area (Å²) >= 11 is 0. The molecule has 1 heterocycles. The van der Waals surface area contributed by atoms with E-state index < -0.39 is 21.0 Å². The van der Waals surface area contributed by atoms with Crippen LogP contribution in [0.25, 0.3) is 0 Å². The third-order valence-corrected chi connectivity index (χ3v) is 5.45. The molecule has 2 rings (SSSR count). The molecule has 1 saturated heterocycles. The molecule has 0 saturated carbocycles. The first-order chi connectivity index (χ1) is 10.9. The molecule has 126 valence electrons. The van der Waals surface area contributed by atoms with Crippen molar-refractivity contribution < 1.29 is 22.9 Å². The Kier molecular flexibility index (Phi) is 5.16. The maximum atomic E-state index is 12.6. The number of nitro benzene ring substituents is 1. The van der Waals surface area contributed by atoms with Gasteiger partial charge in [0.15, 0.2) is 0 Å². The first-order valence-corrected chi connectivity index (χ1v) is 8.38. The number of methoxy groups -OCH3 is 1. The van der Waals surface area contributed by atoms with Crippen molar-refractivity contribution in [3.05, 3.63) is 34.4 Å². The molecule has 1 aromatic carbocycles. The predicted molar refractivity (Wildman–Crippen MR) is 80.5 cm³/mol. The van der Waals surface area contributed by atoms with Gasteiger partial charge in [-0.25, -0.2) is 13.2 Å². The zero-order chi connectivity index (χ0) is 17.0. The van der Waals surface area contributed by atoms with Crippen LogP contribution in [-0.2, 0) is 14.8 Å². The molecule has 23 heavy (non-hydrogen) atoms. The summed E-state index contributed by atoms with van der Waals surface area (Å²) in [6.45, 7) is 0.951. The summed E-state index contributed by atoms with van der Waals surface area (Å²) in [5, 5.41) is 10.8. The number of ether oxygens (including phenoxy) is 1. The smallest absolute Gasteiger partial charge is 0.409 e. The van der Waals surface area contributed by atoms with E-state index in [9.17, 15) is 23.3 Å². The zero-order valence-corrected chi connectivity index (χ0v) is 13.4. The third kappa shape index (κ3) is 3.77. The van der Waals surface area contributed by atoms with Crippen LogP contribution < -0.4 is 0 Å². The quantitative estimate of drug-likeness (QED) is 0.599. The standard InChI is InChI=1S/C13H17N3O6S/c1-22-13(17)14-6-3-7-15(9-8-14)23(20,21)12-5-2-4-11(10-12)16(18)19/h2,4-5,10H,3,6-9H2,1H3. The second kappa shape index (κ2) is 6.92. The minimum absolute atomic E-state index is 0.111. The molecule has 10 heteroatoms. The van der Waals surface area contributed by atoms with Crippen molar-refractivity contribution >= 4 is 21.8 Å². The van der Waals surface area contributed by atoms with Crippen molar-refractivity contribution in [1.29, 1.82) is 0 Å². The lowest BCUT2D eigenvalue weighted by Gasteiger charge is -2.21. The molecule has 9 nitrogen and oxygen atoms in total. The average Bonchev–Trinajstić information content (AvgIpc) is 2.80. The van der Waals surface area contributed by atoms with Crippen molar-refractivity contribution in [2.24, 2.45) is 0 Å². The van der Waals surface area contributed by atoms with Crippen LogP contribution in [0, 0.1) is 10.1 Å². The molecule has 0 atom stereocenters. The van der Waals surface area contributed by atoms with Crippen molar-refractivity contribution in [3.63, 3.8) is 0 Å². The number of carbonyl (C=O) groups is 1. The number of hydrogen-bond acceptors (Lipinski definition) is 6. The molecule has 1 aromatic rings. The number of benzene rings is 1. The summed E-state index contributed by atoms with van der Waals surface area (Å²) < 4.78 is 31.1. The zero-order valence-electron chi connectivity index (χ0n) is 12.5. The highest BCUT2D eigenvalue weighted by Gasteiger charge is 2.29. The normalized spacial score (nSPS) is 16.7. The number of sulfonamides is 1. The Morgan fingerprint density at radius 1 is 1.26 bits per heavy atom. The number of nitro groups is 1. The molecule has 1 amide bonds. The Bertz CT molecular complexity index is 705. The number of carbonyl (C=O) groups excluding carboxylic acids is 1. The molecule has 1 aliphatic heterocycles. The highest BCUT2D eigenvalue weighted by molar-refractivity contribution is 7.89. The molecule has 1 aliphatic rings. The number of rotatable bonds is 3. The lowest BCUT2D eigenvalue weighted by molar-refractivity contribution is -0.385. The lowest BCUT2D eigenvalue weighted by Crippen LogP contribution is -2.37. The molecule has 0 spiro atoms. The monoisotopic (exact) mass is 343 g/mol. The molecular weight excluding hydrogens is 326 g/mol. The summed E-state index contributed by atoms with van der Waals surface area (Å²) in [4.78, 5) is 23.0. The first kappa shape index (κ1) is 17.2. The number of amides is 1. The fourth-order valence-electron chi connectivity index (χ4n) is 2.35. The minimum atomic E-state index is -3.85. The van der Waals surface area contributed by atoms with Gasteiger partial charge in [0.2, 0.25) is 10.0 Å². The van der Waals surface area contributed by atoms with Gasteiger partial charge < -0.3 is 9.64 Å². The van der Waals surface area contributed by atoms with Crippen LogP contribution in [0.3, 0.4) is 0 Å². The second-order valence-electron chi connectivity index (χ2n) is 4.97. The molecule has 0 radical (unpaired) electrons. The van der Waals surface area contributed by atoms with E-state index >= 15 is 0 Å². The summed E-state index contributed by atoms with van der Waals surface area (Å²) in [6.07, 6.45) is -0.0388. The maximum absolute atomic E-state index is 12.6. The van der Waals surface area contributed by atoms with Gasteiger partial charge in [0.1, 0.15) is 0 Å². The maximum Gasteiger partial charge on any atom is 0.409 e. The Hall–Kier alpha value is -2.20. The summed E-state index contributed by atoms with van der Waals surface area (Å²) in [5.74, 6) is 0. The van der Waals surface area contributed by atoms with E-state index in [2.05, 4.69) is 4.74 Å². The summed E-state index contributed by atoms with van der Waals surface area (Å²) in [6, 6.07) is 4.94. The summed E-state index contributed by atoms with van der Waals surface area (Å²) in [7, 11) is -2.58. The number of hydrogen-bond donors (Lipinski definition) is 0. The van der Waals surface area contributed by atoms with Gasteiger partial charge in [-0.15, -0.1) is 0 Å². The highest BCUT2D eigenvalue weighted by atomic mass is 32.2. The van der Waals surface area contributed by atoms with E-state index in [0.29, 0.717) is 13.0 Å². The van der Waals surface area contributed by atoms with E-state index in [1.54, 1.807) is 0 Å². The van der Waals surface area contributed by atoms with Crippen LogP contribution in [0.5, 0.6) is 0 Å². The highest BCUT2D eigenvalue weighted by Crippen LogP contribution is 2.22. The minimum Gasteiger partial charge on any atom is -0.453 e. The van der Waals surface area contributed by atoms with E-state index in [0.717, 1.165) is 6.07 Å². The third-order valence-electron chi connectivity index (χ3n) is 3.55. The first-order valence-electron chi connectivity index (χ1n) is 6.94. The second-order valence-corrected chi connectivity index (χ2v) is 6.91. The lowest BCUT2D eigenvalue weighted by atomic mass is 10.3. The molecule has 0 bridgehead atoms. The van der Waals surface area contributed by atoms with Gasteiger partial charge in [-0.05, 0) is 12.5 Å². The fraction of sp³-hybridized carbons (Fsp3) is 0.462. The van der Waals surface area contributed by atoms with Crippen LogP contribution >= 0.6 is 0 Å². The van der Waals surface area contributed by atoms with Gasteiger partial charge in [-0.2, -0.15) is 4.31 Å². The van der Waals surface area contributed by atoms with E-state index in [4.69, 9.17) is 0 Å². The topological polar surface area (TPSA) is 110 Å². The molecule has 0 aromatic heterocycles. The van der Waals surface area contributed by atoms with Crippen molar-refractivity contribution in [2.45, 2.75) is 11.3 Å². The Labute approximate surface area is 133 Å². The van der Waals surface area contributed by atoms with Gasteiger partial charge in [0.25, 0.3) is 5.69 Å². The number of nitrogens with zero attached hydrogens (tertiary/aromatic N) is 3. The number of non-ortho nitro benzene ring substituents is 1. The Balaban J connectivity index is 2.21. The average molecular weight is 343 g/mol. The summed E-state index contributed by atoms with van der Waals surface area (Å²) in [5.41, 5.74) is -0.280. The van der Waals surface area contributed by atoms with Gasteiger partial charge >= 0.3 is 6.09 Å². The van der Waals surface area contributed by atoms with Gasteiger partial charge in [-0.1, -0.05) is 6.07 Å². The molecule has 1 fully saturated rings. The SMILES string of the molecule is COC(=O)N1CCCN(S(=O)(=O)c2cccc([N+](=O)[O-])c2)CC1. The molecule has 0 unspecified atom stereocenters. The van der Waals surface area contributed by atoms with Gasteiger partial charge in [0, 0.05) is 38.3 Å². The molecule has 0 aliphatic carbocycles. The van der Waals surface area contributed by atoms with Crippen LogP contribution in [0.2, 0.25) is 0 Å². The molecular formula is C13H17N3O6S. The largest absolute Gasteiger partial charge is 0.453 e. The van der Waals surface area contributed by atoms with Gasteiger partial charge in [0.05, 0.1) is 16.9 Å². The predicted octanol–water partition coefficient (Wildman–Crippen LogP) is 1.06.